The normalized spacial score (nSPS) is 14.3. The third kappa shape index (κ3) is 5.64. The highest BCUT2D eigenvalue weighted by Crippen LogP contribution is 2.22. The SMILES string of the molecule is Cc1cnc(-c2cccnc2)n1CCC1CCNCC1.Cl.Cl.Cl. The highest BCUT2D eigenvalue weighted by atomic mass is 35.5. The average molecular weight is 380 g/mol. The van der Waals surface area contributed by atoms with E-state index in [4.69, 9.17) is 0 Å². The lowest BCUT2D eigenvalue weighted by Crippen LogP contribution is -2.28. The molecule has 0 radical (unpaired) electrons. The number of hydrogen-bond donors (Lipinski definition) is 1. The van der Waals surface area contributed by atoms with Crippen LogP contribution in [-0.4, -0.2) is 27.6 Å². The van der Waals surface area contributed by atoms with E-state index in [1.54, 1.807) is 6.20 Å². The van der Waals surface area contributed by atoms with Crippen molar-refractivity contribution >= 4 is 37.2 Å². The fraction of sp³-hybridized carbons (Fsp3) is 0.500. The van der Waals surface area contributed by atoms with Gasteiger partial charge in [0.25, 0.3) is 0 Å². The third-order valence-corrected chi connectivity index (χ3v) is 4.19. The molecule has 4 nitrogen and oxygen atoms in total. The lowest BCUT2D eigenvalue weighted by Gasteiger charge is -2.23. The molecule has 1 aliphatic rings. The number of halogens is 3. The summed E-state index contributed by atoms with van der Waals surface area (Å²) in [6.07, 6.45) is 9.50. The molecule has 1 aliphatic heterocycles. The summed E-state index contributed by atoms with van der Waals surface area (Å²) in [5, 5.41) is 3.43. The molecule has 0 bridgehead atoms. The Balaban J connectivity index is 0.00000161. The Bertz CT molecular complexity index is 554. The quantitative estimate of drug-likeness (QED) is 0.876. The third-order valence-electron chi connectivity index (χ3n) is 4.19. The first kappa shape index (κ1) is 22.2. The molecule has 3 rings (SSSR count). The van der Waals surface area contributed by atoms with Crippen molar-refractivity contribution in [1.82, 2.24) is 19.9 Å². The van der Waals surface area contributed by atoms with E-state index in [-0.39, 0.29) is 37.2 Å². The molecule has 1 saturated heterocycles. The van der Waals surface area contributed by atoms with Crippen LogP contribution >= 0.6 is 37.2 Å². The second-order valence-electron chi connectivity index (χ2n) is 5.60. The minimum absolute atomic E-state index is 0. The van der Waals surface area contributed by atoms with Crippen molar-refractivity contribution in [3.05, 3.63) is 36.4 Å². The van der Waals surface area contributed by atoms with Crippen LogP contribution in [0.1, 0.15) is 25.0 Å². The molecule has 0 atom stereocenters. The fourth-order valence-electron chi connectivity index (χ4n) is 2.95. The van der Waals surface area contributed by atoms with Gasteiger partial charge in [-0.15, -0.1) is 37.2 Å². The van der Waals surface area contributed by atoms with E-state index >= 15 is 0 Å². The second kappa shape index (κ2) is 10.9. The number of imidazole rings is 1. The molecule has 0 aliphatic carbocycles. The minimum Gasteiger partial charge on any atom is -0.328 e. The van der Waals surface area contributed by atoms with Gasteiger partial charge >= 0.3 is 0 Å². The van der Waals surface area contributed by atoms with E-state index in [9.17, 15) is 0 Å². The first-order valence-corrected chi connectivity index (χ1v) is 7.48. The van der Waals surface area contributed by atoms with Crippen LogP contribution in [0.2, 0.25) is 0 Å². The first-order valence-electron chi connectivity index (χ1n) is 7.48. The van der Waals surface area contributed by atoms with Gasteiger partial charge in [0.15, 0.2) is 0 Å². The molecule has 0 amide bonds. The summed E-state index contributed by atoms with van der Waals surface area (Å²) in [5.41, 5.74) is 2.34. The van der Waals surface area contributed by atoms with Gasteiger partial charge in [0, 0.05) is 36.4 Å². The Morgan fingerprint density at radius 1 is 1.17 bits per heavy atom. The number of rotatable bonds is 4. The summed E-state index contributed by atoms with van der Waals surface area (Å²) in [7, 11) is 0. The second-order valence-corrected chi connectivity index (χ2v) is 5.60. The maximum absolute atomic E-state index is 4.56. The van der Waals surface area contributed by atoms with Crippen molar-refractivity contribution in [2.45, 2.75) is 32.7 Å². The van der Waals surface area contributed by atoms with E-state index in [2.05, 4.69) is 32.8 Å². The van der Waals surface area contributed by atoms with Gasteiger partial charge in [0.2, 0.25) is 0 Å². The van der Waals surface area contributed by atoms with Gasteiger partial charge in [-0.3, -0.25) is 4.98 Å². The first-order chi connectivity index (χ1) is 9.84. The molecule has 23 heavy (non-hydrogen) atoms. The highest BCUT2D eigenvalue weighted by Gasteiger charge is 2.15. The van der Waals surface area contributed by atoms with Gasteiger partial charge in [0.1, 0.15) is 5.82 Å². The van der Waals surface area contributed by atoms with Gasteiger partial charge < -0.3 is 9.88 Å². The van der Waals surface area contributed by atoms with Crippen molar-refractivity contribution < 1.29 is 0 Å². The number of nitrogens with zero attached hydrogens (tertiary/aromatic N) is 3. The van der Waals surface area contributed by atoms with Crippen LogP contribution in [0.5, 0.6) is 0 Å². The molecule has 130 valence electrons. The Kier molecular flexibility index (Phi) is 10.5. The summed E-state index contributed by atoms with van der Waals surface area (Å²) in [6.45, 7) is 5.53. The van der Waals surface area contributed by atoms with Crippen LogP contribution in [-0.2, 0) is 6.54 Å². The van der Waals surface area contributed by atoms with Crippen molar-refractivity contribution in [3.8, 4) is 11.4 Å². The molecule has 7 heteroatoms. The fourth-order valence-corrected chi connectivity index (χ4v) is 2.95. The molecule has 0 aromatic carbocycles. The van der Waals surface area contributed by atoms with Crippen molar-refractivity contribution in [3.63, 3.8) is 0 Å². The summed E-state index contributed by atoms with van der Waals surface area (Å²) in [4.78, 5) is 8.76. The molecule has 0 unspecified atom stereocenters. The van der Waals surface area contributed by atoms with Crippen LogP contribution in [0.4, 0.5) is 0 Å². The largest absolute Gasteiger partial charge is 0.328 e. The average Bonchev–Trinajstić information content (AvgIpc) is 2.88. The monoisotopic (exact) mass is 378 g/mol. The Morgan fingerprint density at radius 2 is 1.91 bits per heavy atom. The lowest BCUT2D eigenvalue weighted by molar-refractivity contribution is 0.337. The lowest BCUT2D eigenvalue weighted by atomic mass is 9.94. The summed E-state index contributed by atoms with van der Waals surface area (Å²) >= 11 is 0. The number of hydrogen-bond acceptors (Lipinski definition) is 3. The maximum atomic E-state index is 4.56. The van der Waals surface area contributed by atoms with E-state index in [0.717, 1.165) is 23.9 Å². The topological polar surface area (TPSA) is 42.7 Å². The van der Waals surface area contributed by atoms with Gasteiger partial charge in [-0.25, -0.2) is 4.98 Å². The zero-order valence-corrected chi connectivity index (χ0v) is 15.7. The number of pyridine rings is 1. The Hall–Kier alpha value is -0.810. The molecule has 0 saturated carbocycles. The van der Waals surface area contributed by atoms with Crippen LogP contribution in [0, 0.1) is 12.8 Å². The molecule has 3 heterocycles. The van der Waals surface area contributed by atoms with Crippen LogP contribution in [0.15, 0.2) is 30.7 Å². The number of nitrogens with one attached hydrogen (secondary N) is 1. The number of aromatic nitrogens is 3. The molecule has 1 N–H and O–H groups in total. The highest BCUT2D eigenvalue weighted by molar-refractivity contribution is 5.86. The van der Waals surface area contributed by atoms with E-state index in [0.29, 0.717) is 0 Å². The maximum Gasteiger partial charge on any atom is 0.141 e. The minimum atomic E-state index is 0. The van der Waals surface area contributed by atoms with E-state index in [1.807, 2.05) is 18.5 Å². The van der Waals surface area contributed by atoms with E-state index in [1.165, 1.54) is 38.0 Å². The van der Waals surface area contributed by atoms with Crippen LogP contribution in [0.3, 0.4) is 0 Å². The molecular weight excluding hydrogens is 355 g/mol. The smallest absolute Gasteiger partial charge is 0.141 e. The van der Waals surface area contributed by atoms with Gasteiger partial charge in [-0.2, -0.15) is 0 Å². The summed E-state index contributed by atoms with van der Waals surface area (Å²) in [5.74, 6) is 1.89. The van der Waals surface area contributed by atoms with Crippen LogP contribution < -0.4 is 5.32 Å². The molecule has 1 fully saturated rings. The molecular formula is C16H25Cl3N4. The molecule has 2 aromatic heterocycles. The van der Waals surface area contributed by atoms with Crippen molar-refractivity contribution in [2.24, 2.45) is 5.92 Å². The van der Waals surface area contributed by atoms with Crippen LogP contribution in [0.25, 0.3) is 11.4 Å². The van der Waals surface area contributed by atoms with E-state index < -0.39 is 0 Å². The van der Waals surface area contributed by atoms with Crippen molar-refractivity contribution in [2.75, 3.05) is 13.1 Å². The standard InChI is InChI=1S/C16H22N4.3ClH/c1-13-11-19-16(15-3-2-7-18-12-15)20(13)10-6-14-4-8-17-9-5-14;;;/h2-3,7,11-12,14,17H,4-6,8-10H2,1H3;3*1H. The predicted molar refractivity (Wildman–Crippen MR) is 102 cm³/mol. The van der Waals surface area contributed by atoms with Gasteiger partial charge in [-0.1, -0.05) is 0 Å². The zero-order valence-electron chi connectivity index (χ0n) is 13.3. The van der Waals surface area contributed by atoms with Gasteiger partial charge in [-0.05, 0) is 57.3 Å². The van der Waals surface area contributed by atoms with Gasteiger partial charge in [0.05, 0.1) is 0 Å². The predicted octanol–water partition coefficient (Wildman–Crippen LogP) is 3.91. The number of aryl methyl sites for hydroxylation is 1. The summed E-state index contributed by atoms with van der Waals surface area (Å²) < 4.78 is 2.33. The Labute approximate surface area is 156 Å². The Morgan fingerprint density at radius 3 is 2.57 bits per heavy atom. The molecule has 0 spiro atoms. The zero-order chi connectivity index (χ0) is 13.8. The summed E-state index contributed by atoms with van der Waals surface area (Å²) in [6, 6.07) is 4.05. The number of piperidine rings is 1. The van der Waals surface area contributed by atoms with Crippen molar-refractivity contribution in [1.29, 1.82) is 0 Å². The molecule has 2 aromatic rings.